The number of carboxylic acid groups (broad SMARTS) is 1. The number of unbranched alkanes of at least 4 members (excludes halogenated alkanes) is 4. The van der Waals surface area contributed by atoms with E-state index in [1.807, 2.05) is 24.3 Å². The van der Waals surface area contributed by atoms with Crippen LogP contribution in [0.25, 0.3) is 5.57 Å². The number of fused-ring (bicyclic) bond motifs is 1. The number of hydrogen-bond donors (Lipinski definition) is 1. The molecule has 0 spiro atoms. The minimum atomic E-state index is -1.14. The zero-order valence-corrected chi connectivity index (χ0v) is 18.1. The van der Waals surface area contributed by atoms with Gasteiger partial charge in [0.2, 0.25) is 0 Å². The van der Waals surface area contributed by atoms with Gasteiger partial charge in [-0.3, -0.25) is 14.5 Å². The van der Waals surface area contributed by atoms with E-state index < -0.39 is 17.9 Å². The fraction of sp³-hybridized carbons (Fsp3) is 0.429. The topological polar surface area (TPSA) is 77.9 Å². The van der Waals surface area contributed by atoms with Crippen LogP contribution in [0.3, 0.4) is 0 Å². The first-order chi connectivity index (χ1) is 13.9. The third-order valence-corrected chi connectivity index (χ3v) is 6.58. The number of benzene rings is 1. The molecule has 0 saturated carbocycles. The second-order valence-corrected chi connectivity index (χ2v) is 8.79. The lowest BCUT2D eigenvalue weighted by Gasteiger charge is -2.19. The summed E-state index contributed by atoms with van der Waals surface area (Å²) in [6.07, 6.45) is 5.42. The van der Waals surface area contributed by atoms with Crippen molar-refractivity contribution in [2.45, 2.75) is 52.0 Å². The number of nitrogens with zero attached hydrogens (tertiary/aromatic N) is 2. The van der Waals surface area contributed by atoms with Gasteiger partial charge in [0, 0.05) is 12.1 Å². The summed E-state index contributed by atoms with van der Waals surface area (Å²) in [5.41, 5.74) is 1.82. The molecule has 29 heavy (non-hydrogen) atoms. The molecule has 0 bridgehead atoms. The van der Waals surface area contributed by atoms with Crippen LogP contribution in [0.5, 0.6) is 0 Å². The molecule has 0 radical (unpaired) electrons. The molecule has 1 fully saturated rings. The maximum absolute atomic E-state index is 13.3. The van der Waals surface area contributed by atoms with E-state index >= 15 is 0 Å². The van der Waals surface area contributed by atoms with Gasteiger partial charge in [-0.15, -0.1) is 0 Å². The molecule has 1 aromatic carbocycles. The van der Waals surface area contributed by atoms with Gasteiger partial charge in [-0.05, 0) is 19.4 Å². The lowest BCUT2D eigenvalue weighted by Crippen LogP contribution is -2.41. The van der Waals surface area contributed by atoms with Gasteiger partial charge in [-0.25, -0.2) is 4.79 Å². The largest absolute Gasteiger partial charge is 0.480 e. The fourth-order valence-corrected chi connectivity index (χ4v) is 5.06. The zero-order chi connectivity index (χ0) is 21.1. The Labute approximate surface area is 179 Å². The van der Waals surface area contributed by atoms with Crippen molar-refractivity contribution >= 4 is 57.3 Å². The van der Waals surface area contributed by atoms with Crippen LogP contribution in [0.2, 0.25) is 0 Å². The quantitative estimate of drug-likeness (QED) is 0.379. The van der Waals surface area contributed by atoms with E-state index in [1.54, 1.807) is 4.90 Å². The van der Waals surface area contributed by atoms with Gasteiger partial charge < -0.3 is 10.0 Å². The molecule has 2 aliphatic rings. The van der Waals surface area contributed by atoms with Crippen molar-refractivity contribution in [2.24, 2.45) is 0 Å². The molecule has 1 N–H and O–H groups in total. The number of hydrogen-bond acceptors (Lipinski definition) is 5. The molecular formula is C21H24N2O4S2. The molecule has 1 saturated heterocycles. The zero-order valence-electron chi connectivity index (χ0n) is 16.5. The third-order valence-electron chi connectivity index (χ3n) is 5.18. The monoisotopic (exact) mass is 432 g/mol. The van der Waals surface area contributed by atoms with Crippen molar-refractivity contribution in [1.82, 2.24) is 4.90 Å². The molecule has 1 unspecified atom stereocenters. The summed E-state index contributed by atoms with van der Waals surface area (Å²) in [5.74, 6) is -1.87. The Morgan fingerprint density at radius 3 is 2.52 bits per heavy atom. The van der Waals surface area contributed by atoms with Gasteiger partial charge in [0.05, 0.1) is 16.2 Å². The Balaban J connectivity index is 1.92. The Kier molecular flexibility index (Phi) is 6.74. The van der Waals surface area contributed by atoms with Gasteiger partial charge in [0.1, 0.15) is 10.4 Å². The normalized spacial score (nSPS) is 19.9. The van der Waals surface area contributed by atoms with Gasteiger partial charge in [0.15, 0.2) is 0 Å². The standard InChI is InChI=1S/C21H24N2O4S2/c1-3-4-5-6-9-12-22-15-11-8-7-10-14(15)16(18(22)24)17-19(25)23(21(28)29-17)13(2)20(26)27/h7-8,10-11,13H,3-6,9,12H2,1-2H3,(H,26,27). The number of carbonyl (C=O) groups is 3. The van der Waals surface area contributed by atoms with Crippen LogP contribution >= 0.6 is 24.0 Å². The second-order valence-electron chi connectivity index (χ2n) is 7.15. The first-order valence-corrected chi connectivity index (χ1v) is 11.0. The number of carboxylic acids is 1. The summed E-state index contributed by atoms with van der Waals surface area (Å²) < 4.78 is 0.163. The summed E-state index contributed by atoms with van der Waals surface area (Å²) in [5, 5.41) is 9.29. The second kappa shape index (κ2) is 9.09. The van der Waals surface area contributed by atoms with Crippen molar-refractivity contribution in [3.63, 3.8) is 0 Å². The van der Waals surface area contributed by atoms with Crippen LogP contribution in [-0.4, -0.2) is 44.7 Å². The number of thiocarbonyl (C=S) groups is 1. The molecule has 6 nitrogen and oxygen atoms in total. The van der Waals surface area contributed by atoms with E-state index in [9.17, 15) is 19.5 Å². The van der Waals surface area contributed by atoms with Crippen LogP contribution in [-0.2, 0) is 14.4 Å². The molecule has 2 heterocycles. The lowest BCUT2D eigenvalue weighted by atomic mass is 10.1. The van der Waals surface area contributed by atoms with Gasteiger partial charge in [-0.1, -0.05) is 74.8 Å². The van der Waals surface area contributed by atoms with E-state index in [0.29, 0.717) is 17.7 Å². The van der Waals surface area contributed by atoms with Crippen LogP contribution < -0.4 is 4.90 Å². The first kappa shape index (κ1) is 21.5. The number of para-hydroxylation sites is 1. The Hall–Kier alpha value is -2.19. The number of aliphatic carboxylic acids is 1. The van der Waals surface area contributed by atoms with Crippen molar-refractivity contribution in [3.8, 4) is 0 Å². The maximum atomic E-state index is 13.3. The summed E-state index contributed by atoms with van der Waals surface area (Å²) in [6.45, 7) is 4.16. The van der Waals surface area contributed by atoms with Crippen molar-refractivity contribution < 1.29 is 19.5 Å². The highest BCUT2D eigenvalue weighted by Crippen LogP contribution is 2.45. The minimum absolute atomic E-state index is 0.163. The molecule has 0 aromatic heterocycles. The highest BCUT2D eigenvalue weighted by molar-refractivity contribution is 8.26. The molecule has 2 aliphatic heterocycles. The van der Waals surface area contributed by atoms with Crippen LogP contribution in [0, 0.1) is 0 Å². The van der Waals surface area contributed by atoms with Gasteiger partial charge in [0.25, 0.3) is 11.8 Å². The smallest absolute Gasteiger partial charge is 0.326 e. The molecule has 8 heteroatoms. The summed E-state index contributed by atoms with van der Waals surface area (Å²) >= 11 is 6.25. The summed E-state index contributed by atoms with van der Waals surface area (Å²) in [7, 11) is 0. The Morgan fingerprint density at radius 2 is 1.83 bits per heavy atom. The van der Waals surface area contributed by atoms with Gasteiger partial charge in [-0.2, -0.15) is 0 Å². The van der Waals surface area contributed by atoms with Crippen molar-refractivity contribution in [3.05, 3.63) is 34.7 Å². The highest BCUT2D eigenvalue weighted by Gasteiger charge is 2.44. The van der Waals surface area contributed by atoms with E-state index in [-0.39, 0.29) is 15.1 Å². The predicted octanol–water partition coefficient (Wildman–Crippen LogP) is 4.05. The Bertz CT molecular complexity index is 896. The highest BCUT2D eigenvalue weighted by atomic mass is 32.2. The molecular weight excluding hydrogens is 408 g/mol. The summed E-state index contributed by atoms with van der Waals surface area (Å²) in [4.78, 5) is 40.6. The molecule has 3 rings (SSSR count). The van der Waals surface area contributed by atoms with E-state index in [2.05, 4.69) is 6.92 Å². The van der Waals surface area contributed by atoms with Crippen LogP contribution in [0.4, 0.5) is 5.69 Å². The van der Waals surface area contributed by atoms with Crippen LogP contribution in [0.15, 0.2) is 29.2 Å². The molecule has 2 amide bonds. The SMILES string of the molecule is CCCCCCCN1C(=O)C(=C2SC(=S)N(C(C)C(=O)O)C2=O)c2ccccc21. The summed E-state index contributed by atoms with van der Waals surface area (Å²) in [6, 6.07) is 6.33. The number of anilines is 1. The molecule has 154 valence electrons. The molecule has 0 aliphatic carbocycles. The minimum Gasteiger partial charge on any atom is -0.480 e. The number of rotatable bonds is 8. The van der Waals surface area contributed by atoms with Crippen molar-refractivity contribution in [1.29, 1.82) is 0 Å². The van der Waals surface area contributed by atoms with Crippen molar-refractivity contribution in [2.75, 3.05) is 11.4 Å². The number of amides is 2. The fourth-order valence-electron chi connectivity index (χ4n) is 3.57. The van der Waals surface area contributed by atoms with Crippen LogP contribution in [0.1, 0.15) is 51.5 Å². The average Bonchev–Trinajstić information content (AvgIpc) is 3.13. The molecule has 1 atom stereocenters. The first-order valence-electron chi connectivity index (χ1n) is 9.82. The average molecular weight is 433 g/mol. The number of carbonyl (C=O) groups excluding carboxylic acids is 2. The number of thioether (sulfide) groups is 1. The Morgan fingerprint density at radius 1 is 1.14 bits per heavy atom. The molecule has 1 aromatic rings. The van der Waals surface area contributed by atoms with Gasteiger partial charge >= 0.3 is 5.97 Å². The maximum Gasteiger partial charge on any atom is 0.326 e. The van der Waals surface area contributed by atoms with E-state index in [1.165, 1.54) is 13.3 Å². The predicted molar refractivity (Wildman–Crippen MR) is 119 cm³/mol. The van der Waals surface area contributed by atoms with E-state index in [4.69, 9.17) is 12.2 Å². The third kappa shape index (κ3) is 4.09. The van der Waals surface area contributed by atoms with E-state index in [0.717, 1.165) is 48.0 Å². The lowest BCUT2D eigenvalue weighted by molar-refractivity contribution is -0.144.